The second kappa shape index (κ2) is 11.5. The van der Waals surface area contributed by atoms with Gasteiger partial charge in [0.2, 0.25) is 0 Å². The number of Topliss-reactive ketones (excluding diaryl/α,β-unsaturated/α-hetero) is 1. The van der Waals surface area contributed by atoms with E-state index in [0.717, 1.165) is 30.6 Å². The number of aromatic nitrogens is 3. The molecule has 1 aromatic carbocycles. The molecule has 1 unspecified atom stereocenters. The van der Waals surface area contributed by atoms with Crippen molar-refractivity contribution < 1.29 is 19.4 Å². The van der Waals surface area contributed by atoms with E-state index < -0.39 is 17.7 Å². The predicted octanol–water partition coefficient (Wildman–Crippen LogP) is 4.36. The van der Waals surface area contributed by atoms with Crippen molar-refractivity contribution in [2.75, 3.05) is 13.2 Å². The number of likely N-dealkylation sites (tertiary alicyclic amines) is 1. The number of rotatable bonds is 11. The minimum Gasteiger partial charge on any atom is -0.507 e. The molecule has 1 amide bonds. The normalized spacial score (nSPS) is 17.2. The second-order valence-electron chi connectivity index (χ2n) is 8.51. The van der Waals surface area contributed by atoms with Gasteiger partial charge in [0, 0.05) is 43.4 Å². The number of ether oxygens (including phenoxy) is 1. The summed E-state index contributed by atoms with van der Waals surface area (Å²) >= 11 is 0. The van der Waals surface area contributed by atoms with Crippen LogP contribution in [0.3, 0.4) is 0 Å². The highest BCUT2D eigenvalue weighted by atomic mass is 16.5. The number of hydrogen-bond donors (Lipinski definition) is 1. The van der Waals surface area contributed by atoms with E-state index in [0.29, 0.717) is 31.7 Å². The Morgan fingerprint density at radius 2 is 1.74 bits per heavy atom. The Morgan fingerprint density at radius 1 is 0.971 bits per heavy atom. The van der Waals surface area contributed by atoms with Gasteiger partial charge in [-0.2, -0.15) is 0 Å². The summed E-state index contributed by atoms with van der Waals surface area (Å²) in [4.78, 5) is 35.7. The largest absolute Gasteiger partial charge is 0.507 e. The van der Waals surface area contributed by atoms with Crippen molar-refractivity contribution in [2.24, 2.45) is 0 Å². The molecule has 0 radical (unpaired) electrons. The quantitative estimate of drug-likeness (QED) is 0.192. The third-order valence-electron chi connectivity index (χ3n) is 6.08. The summed E-state index contributed by atoms with van der Waals surface area (Å²) in [5.74, 6) is -0.772. The number of aliphatic hydroxyl groups excluding tert-OH is 1. The van der Waals surface area contributed by atoms with Gasteiger partial charge in [0.25, 0.3) is 11.7 Å². The molecule has 4 rings (SSSR count). The molecular formula is C27H30N4O4. The maximum Gasteiger partial charge on any atom is 0.295 e. The van der Waals surface area contributed by atoms with Crippen LogP contribution in [0.2, 0.25) is 0 Å². The average Bonchev–Trinajstić information content (AvgIpc) is 3.49. The maximum absolute atomic E-state index is 13.1. The van der Waals surface area contributed by atoms with Crippen molar-refractivity contribution in [2.45, 2.75) is 45.2 Å². The molecule has 1 fully saturated rings. The summed E-state index contributed by atoms with van der Waals surface area (Å²) in [5, 5.41) is 11.1. The highest BCUT2D eigenvalue weighted by Crippen LogP contribution is 2.39. The van der Waals surface area contributed by atoms with Gasteiger partial charge in [0.15, 0.2) is 0 Å². The molecule has 35 heavy (non-hydrogen) atoms. The molecule has 3 aromatic rings. The van der Waals surface area contributed by atoms with Crippen molar-refractivity contribution >= 4 is 17.4 Å². The summed E-state index contributed by atoms with van der Waals surface area (Å²) in [6.45, 7) is 3.80. The number of imidazole rings is 1. The Hall–Kier alpha value is -3.94. The summed E-state index contributed by atoms with van der Waals surface area (Å²) in [5.41, 5.74) is 1.26. The van der Waals surface area contributed by atoms with Crippen molar-refractivity contribution in [3.63, 3.8) is 0 Å². The van der Waals surface area contributed by atoms with E-state index in [1.807, 2.05) is 35.0 Å². The van der Waals surface area contributed by atoms with Gasteiger partial charge < -0.3 is 19.3 Å². The molecular weight excluding hydrogens is 444 g/mol. The first-order valence-electron chi connectivity index (χ1n) is 12.0. The molecule has 0 spiro atoms. The number of benzene rings is 1. The number of unbranched alkanes of at least 4 members (excludes halogenated alkanes) is 2. The molecule has 1 aliphatic heterocycles. The highest BCUT2D eigenvalue weighted by Gasteiger charge is 2.45. The zero-order valence-corrected chi connectivity index (χ0v) is 19.8. The number of carbonyl (C=O) groups excluding carboxylic acids is 2. The van der Waals surface area contributed by atoms with Gasteiger partial charge >= 0.3 is 0 Å². The molecule has 0 bridgehead atoms. The molecule has 1 aliphatic rings. The van der Waals surface area contributed by atoms with Gasteiger partial charge in [0.05, 0.1) is 24.5 Å². The zero-order valence-electron chi connectivity index (χ0n) is 19.8. The first kappa shape index (κ1) is 24.2. The average molecular weight is 475 g/mol. The number of aryl methyl sites for hydroxylation is 1. The van der Waals surface area contributed by atoms with Gasteiger partial charge in [-0.1, -0.05) is 31.9 Å². The Labute approximate surface area is 204 Å². The lowest BCUT2D eigenvalue weighted by Gasteiger charge is -2.25. The fourth-order valence-electron chi connectivity index (χ4n) is 4.25. The van der Waals surface area contributed by atoms with Gasteiger partial charge in [-0.25, -0.2) is 4.98 Å². The van der Waals surface area contributed by atoms with E-state index in [9.17, 15) is 14.7 Å². The SMILES string of the molecule is CCCCCOc1ccc(C2C(=C(O)c3ccncc3)C(=O)C(=O)N2CCCn2ccnc2)cc1. The van der Waals surface area contributed by atoms with Gasteiger partial charge in [-0.3, -0.25) is 14.6 Å². The lowest BCUT2D eigenvalue weighted by Crippen LogP contribution is -2.31. The van der Waals surface area contributed by atoms with Gasteiger partial charge in [-0.15, -0.1) is 0 Å². The van der Waals surface area contributed by atoms with Crippen molar-refractivity contribution in [3.05, 3.63) is 84.2 Å². The number of aliphatic hydroxyl groups is 1. The lowest BCUT2D eigenvalue weighted by molar-refractivity contribution is -0.139. The van der Waals surface area contributed by atoms with Crippen LogP contribution in [0.1, 0.15) is 49.8 Å². The lowest BCUT2D eigenvalue weighted by atomic mass is 9.95. The van der Waals surface area contributed by atoms with E-state index in [1.54, 1.807) is 29.6 Å². The molecule has 8 heteroatoms. The third kappa shape index (κ3) is 5.59. The standard InChI is InChI=1S/C27H30N4O4/c1-2-3-4-18-35-22-8-6-20(7-9-22)24-23(25(32)21-10-12-28-13-11-21)26(33)27(34)31(24)16-5-15-30-17-14-29-19-30/h6-14,17,19,24,32H,2-5,15-16,18H2,1H3. The molecule has 0 aliphatic carbocycles. The van der Waals surface area contributed by atoms with Crippen LogP contribution in [0, 0.1) is 0 Å². The Kier molecular flexibility index (Phi) is 7.92. The molecule has 2 aromatic heterocycles. The number of amides is 1. The number of nitrogens with zero attached hydrogens (tertiary/aromatic N) is 4. The third-order valence-corrected chi connectivity index (χ3v) is 6.08. The van der Waals surface area contributed by atoms with Gasteiger partial charge in [0.1, 0.15) is 11.5 Å². The molecule has 1 N–H and O–H groups in total. The van der Waals surface area contributed by atoms with Crippen molar-refractivity contribution in [1.82, 2.24) is 19.4 Å². The van der Waals surface area contributed by atoms with Crippen LogP contribution in [-0.2, 0) is 16.1 Å². The summed E-state index contributed by atoms with van der Waals surface area (Å²) in [6, 6.07) is 9.94. The van der Waals surface area contributed by atoms with E-state index in [-0.39, 0.29) is 11.3 Å². The van der Waals surface area contributed by atoms with Crippen LogP contribution < -0.4 is 4.74 Å². The zero-order chi connectivity index (χ0) is 24.6. The monoisotopic (exact) mass is 474 g/mol. The molecule has 0 saturated carbocycles. The highest BCUT2D eigenvalue weighted by molar-refractivity contribution is 6.46. The molecule has 3 heterocycles. The second-order valence-corrected chi connectivity index (χ2v) is 8.51. The van der Waals surface area contributed by atoms with Crippen LogP contribution in [0.5, 0.6) is 5.75 Å². The first-order valence-corrected chi connectivity index (χ1v) is 12.0. The van der Waals surface area contributed by atoms with Crippen LogP contribution in [0.15, 0.2) is 73.1 Å². The number of pyridine rings is 1. The Balaban J connectivity index is 1.62. The maximum atomic E-state index is 13.1. The first-order chi connectivity index (χ1) is 17.1. The van der Waals surface area contributed by atoms with Crippen LogP contribution in [0.4, 0.5) is 0 Å². The Bertz CT molecular complexity index is 1160. The van der Waals surface area contributed by atoms with E-state index in [4.69, 9.17) is 4.74 Å². The van der Waals surface area contributed by atoms with Crippen molar-refractivity contribution in [1.29, 1.82) is 0 Å². The van der Waals surface area contributed by atoms with E-state index in [1.165, 1.54) is 12.4 Å². The van der Waals surface area contributed by atoms with Crippen LogP contribution >= 0.6 is 0 Å². The minimum atomic E-state index is -0.694. The fourth-order valence-corrected chi connectivity index (χ4v) is 4.25. The van der Waals surface area contributed by atoms with Crippen LogP contribution in [0.25, 0.3) is 5.76 Å². The van der Waals surface area contributed by atoms with Gasteiger partial charge in [-0.05, 0) is 42.7 Å². The smallest absolute Gasteiger partial charge is 0.295 e. The van der Waals surface area contributed by atoms with E-state index in [2.05, 4.69) is 16.9 Å². The number of hydrogen-bond acceptors (Lipinski definition) is 6. The molecule has 1 saturated heterocycles. The fraction of sp³-hybridized carbons (Fsp3) is 0.333. The molecule has 182 valence electrons. The molecule has 1 atom stereocenters. The topological polar surface area (TPSA) is 97.5 Å². The van der Waals surface area contributed by atoms with E-state index >= 15 is 0 Å². The summed E-state index contributed by atoms with van der Waals surface area (Å²) in [6.07, 6.45) is 12.2. The number of ketones is 1. The molecule has 8 nitrogen and oxygen atoms in total. The summed E-state index contributed by atoms with van der Waals surface area (Å²) in [7, 11) is 0. The summed E-state index contributed by atoms with van der Waals surface area (Å²) < 4.78 is 7.74. The number of carbonyl (C=O) groups is 2. The van der Waals surface area contributed by atoms with Crippen LogP contribution in [-0.4, -0.2) is 49.4 Å². The minimum absolute atomic E-state index is 0.0837. The predicted molar refractivity (Wildman–Crippen MR) is 132 cm³/mol. The van der Waals surface area contributed by atoms with Crippen molar-refractivity contribution in [3.8, 4) is 5.75 Å². The Morgan fingerprint density at radius 3 is 2.43 bits per heavy atom.